The van der Waals surface area contributed by atoms with Crippen LogP contribution in [0.2, 0.25) is 18.1 Å². The van der Waals surface area contributed by atoms with Crippen molar-refractivity contribution in [3.8, 4) is 0 Å². The van der Waals surface area contributed by atoms with Crippen molar-refractivity contribution >= 4 is 15.6 Å². The Morgan fingerprint density at radius 2 is 1.77 bits per heavy atom. The molecule has 71 valence electrons. The number of hydrogen-bond acceptors (Lipinski definition) is 1. The molecule has 0 saturated carbocycles. The summed E-state index contributed by atoms with van der Waals surface area (Å²) >= 11 is 0. The maximum Gasteiger partial charge on any atom is 0.267 e. The van der Waals surface area contributed by atoms with E-state index in [1.54, 1.807) is 0 Å². The van der Waals surface area contributed by atoms with Gasteiger partial charge >= 0.3 is 0 Å². The molecule has 1 rings (SSSR count). The monoisotopic (exact) mass is 192 g/mol. The molecule has 0 aromatic carbocycles. The first-order valence-electron chi connectivity index (χ1n) is 4.82. The Hall–Kier alpha value is -0.438. The van der Waals surface area contributed by atoms with E-state index in [1.165, 1.54) is 0 Å². The first-order valence-corrected chi connectivity index (χ1v) is 7.77. The maximum atomic E-state index is 2.41. The van der Waals surface area contributed by atoms with Crippen LogP contribution in [0.4, 0.5) is 0 Å². The first kappa shape index (κ1) is 10.6. The molecular formula is C10H19BNSi. The van der Waals surface area contributed by atoms with Gasteiger partial charge in [-0.15, -0.1) is 0 Å². The molecule has 0 bridgehead atoms. The molecule has 1 aliphatic rings. The van der Waals surface area contributed by atoms with Crippen LogP contribution >= 0.6 is 0 Å². The molecule has 0 unspecified atom stereocenters. The van der Waals surface area contributed by atoms with Crippen LogP contribution in [0, 0.1) is 0 Å². The fraction of sp³-hybridized carbons (Fsp3) is 0.600. The second-order valence-corrected chi connectivity index (χ2v) is 10.2. The van der Waals surface area contributed by atoms with E-state index in [4.69, 9.17) is 0 Å². The lowest BCUT2D eigenvalue weighted by Gasteiger charge is -2.46. The third-order valence-corrected chi connectivity index (χ3v) is 8.46. The van der Waals surface area contributed by atoms with Crippen molar-refractivity contribution in [1.82, 2.24) is 4.48 Å². The van der Waals surface area contributed by atoms with E-state index in [0.717, 1.165) is 0 Å². The van der Waals surface area contributed by atoms with E-state index in [9.17, 15) is 0 Å². The van der Waals surface area contributed by atoms with Gasteiger partial charge in [-0.3, -0.25) is 0 Å². The minimum absolute atomic E-state index is 0.402. The molecule has 0 aromatic rings. The summed E-state index contributed by atoms with van der Waals surface area (Å²) in [7, 11) is 0.828. The summed E-state index contributed by atoms with van der Waals surface area (Å²) in [5, 5.41) is 0.402. The number of rotatable bonds is 1. The summed E-state index contributed by atoms with van der Waals surface area (Å²) in [5.41, 5.74) is 0. The number of allylic oxidation sites excluding steroid dienone is 2. The third-order valence-electron chi connectivity index (χ3n) is 3.20. The Bertz CT molecular complexity index is 238. The minimum atomic E-state index is -1.36. The van der Waals surface area contributed by atoms with Gasteiger partial charge in [-0.2, -0.15) is 0 Å². The Morgan fingerprint density at radius 1 is 1.15 bits per heavy atom. The minimum Gasteiger partial charge on any atom is -0.449 e. The van der Waals surface area contributed by atoms with Crippen LogP contribution in [0.15, 0.2) is 24.3 Å². The Balaban J connectivity index is 2.81. The van der Waals surface area contributed by atoms with Gasteiger partial charge in [-0.1, -0.05) is 45.9 Å². The van der Waals surface area contributed by atoms with Gasteiger partial charge in [-0.25, -0.2) is 0 Å². The highest BCUT2D eigenvalue weighted by Crippen LogP contribution is 2.38. The lowest BCUT2D eigenvalue weighted by Crippen LogP contribution is -2.53. The predicted octanol–water partition coefficient (Wildman–Crippen LogP) is 2.95. The molecule has 1 aliphatic heterocycles. The van der Waals surface area contributed by atoms with E-state index in [1.807, 2.05) is 0 Å². The van der Waals surface area contributed by atoms with Gasteiger partial charge in [0, 0.05) is 0 Å². The van der Waals surface area contributed by atoms with Crippen molar-refractivity contribution in [1.29, 1.82) is 0 Å². The van der Waals surface area contributed by atoms with Gasteiger partial charge in [0.25, 0.3) is 7.41 Å². The summed E-state index contributed by atoms with van der Waals surface area (Å²) in [6, 6.07) is 0. The molecular weight excluding hydrogens is 173 g/mol. The van der Waals surface area contributed by atoms with Crippen LogP contribution in [0.1, 0.15) is 20.8 Å². The predicted molar refractivity (Wildman–Crippen MR) is 63.1 cm³/mol. The standard InChI is InChI=1S/C10H19BNSi/c1-10(2,3)13(4,5)12-9-7-6-8-11-12/h6-9H,1-5H3. The number of nitrogens with zero attached hydrogens (tertiary/aromatic N) is 1. The van der Waals surface area contributed by atoms with E-state index in [-0.39, 0.29) is 0 Å². The summed E-state index contributed by atoms with van der Waals surface area (Å²) in [6.45, 7) is 11.8. The quantitative estimate of drug-likeness (QED) is 0.577. The van der Waals surface area contributed by atoms with Gasteiger partial charge < -0.3 is 4.48 Å². The van der Waals surface area contributed by atoms with Crippen molar-refractivity contribution in [2.75, 3.05) is 0 Å². The molecule has 1 heterocycles. The average molecular weight is 192 g/mol. The summed E-state index contributed by atoms with van der Waals surface area (Å²) in [4.78, 5) is 0. The lowest BCUT2D eigenvalue weighted by atomic mass is 9.93. The molecule has 0 N–H and O–H groups in total. The van der Waals surface area contributed by atoms with Crippen LogP contribution in [0.3, 0.4) is 0 Å². The Morgan fingerprint density at radius 3 is 2.15 bits per heavy atom. The van der Waals surface area contributed by atoms with Gasteiger partial charge in [0.2, 0.25) is 0 Å². The summed E-state index contributed by atoms with van der Waals surface area (Å²) < 4.78 is 2.41. The van der Waals surface area contributed by atoms with Gasteiger partial charge in [0.15, 0.2) is 0 Å². The molecule has 0 amide bonds. The van der Waals surface area contributed by atoms with E-state index in [2.05, 4.69) is 70.1 Å². The zero-order valence-corrected chi connectivity index (χ0v) is 10.3. The molecule has 1 radical (unpaired) electrons. The molecule has 0 aromatic heterocycles. The average Bonchev–Trinajstić information content (AvgIpc) is 2.04. The highest BCUT2D eigenvalue weighted by molar-refractivity contribution is 6.83. The lowest BCUT2D eigenvalue weighted by molar-refractivity contribution is 0.657. The van der Waals surface area contributed by atoms with Crippen molar-refractivity contribution < 1.29 is 0 Å². The van der Waals surface area contributed by atoms with Crippen LogP contribution in [0.5, 0.6) is 0 Å². The Kier molecular flexibility index (Phi) is 2.76. The van der Waals surface area contributed by atoms with Gasteiger partial charge in [0.1, 0.15) is 8.24 Å². The highest BCUT2D eigenvalue weighted by atomic mass is 28.3. The second-order valence-electron chi connectivity index (χ2n) is 5.09. The normalized spacial score (nSPS) is 17.5. The van der Waals surface area contributed by atoms with E-state index >= 15 is 0 Å². The summed E-state index contributed by atoms with van der Waals surface area (Å²) in [5.74, 6) is 2.11. The van der Waals surface area contributed by atoms with E-state index in [0.29, 0.717) is 5.04 Å². The highest BCUT2D eigenvalue weighted by Gasteiger charge is 2.39. The first-order chi connectivity index (χ1) is 5.86. The molecule has 0 saturated heterocycles. The topological polar surface area (TPSA) is 3.24 Å². The second kappa shape index (κ2) is 3.37. The van der Waals surface area contributed by atoms with Crippen molar-refractivity contribution in [3.05, 3.63) is 24.3 Å². The van der Waals surface area contributed by atoms with Crippen LogP contribution in [-0.2, 0) is 0 Å². The molecule has 0 aliphatic carbocycles. The SMILES string of the molecule is CC(C)(C)[Si](C)(C)N1[B]C=CC=C1. The molecule has 0 atom stereocenters. The molecule has 0 spiro atoms. The third kappa shape index (κ3) is 2.08. The van der Waals surface area contributed by atoms with Crippen molar-refractivity contribution in [2.24, 2.45) is 0 Å². The largest absolute Gasteiger partial charge is 0.449 e. The van der Waals surface area contributed by atoms with Crippen LogP contribution in [0.25, 0.3) is 0 Å². The zero-order valence-electron chi connectivity index (χ0n) is 9.33. The van der Waals surface area contributed by atoms with Crippen molar-refractivity contribution in [2.45, 2.75) is 38.9 Å². The Labute approximate surface area is 83.9 Å². The van der Waals surface area contributed by atoms with Crippen molar-refractivity contribution in [3.63, 3.8) is 0 Å². The zero-order chi connectivity index (χ0) is 10.1. The van der Waals surface area contributed by atoms with E-state index < -0.39 is 8.24 Å². The van der Waals surface area contributed by atoms with Gasteiger partial charge in [0.05, 0.1) is 0 Å². The van der Waals surface area contributed by atoms with Gasteiger partial charge in [-0.05, 0) is 17.3 Å². The fourth-order valence-electron chi connectivity index (χ4n) is 1.16. The molecule has 13 heavy (non-hydrogen) atoms. The fourth-order valence-corrected chi connectivity index (χ4v) is 2.85. The molecule has 3 heteroatoms. The summed E-state index contributed by atoms with van der Waals surface area (Å²) in [6.07, 6.45) is 6.38. The number of hydrogen-bond donors (Lipinski definition) is 0. The maximum absolute atomic E-state index is 2.41. The smallest absolute Gasteiger partial charge is 0.267 e. The molecule has 1 nitrogen and oxygen atoms in total. The van der Waals surface area contributed by atoms with Crippen LogP contribution in [-0.4, -0.2) is 20.1 Å². The molecule has 0 fully saturated rings. The van der Waals surface area contributed by atoms with Crippen LogP contribution < -0.4 is 0 Å².